The molecular weight excluding hydrogens is 370 g/mol. The van der Waals surface area contributed by atoms with E-state index in [2.05, 4.69) is 5.32 Å². The lowest BCUT2D eigenvalue weighted by Gasteiger charge is -2.32. The molecule has 1 N–H and O–H groups in total. The first kappa shape index (κ1) is 19.1. The fourth-order valence-electron chi connectivity index (χ4n) is 3.02. The zero-order chi connectivity index (χ0) is 19.4. The quantitative estimate of drug-likeness (QED) is 0.741. The van der Waals surface area contributed by atoms with E-state index >= 15 is 0 Å². The number of nitrogens with one attached hydrogen (secondary N) is 1. The second kappa shape index (κ2) is 8.35. The summed E-state index contributed by atoms with van der Waals surface area (Å²) in [6.45, 7) is 1.46. The van der Waals surface area contributed by atoms with E-state index in [1.165, 1.54) is 19.1 Å². The van der Waals surface area contributed by atoms with Crippen molar-refractivity contribution in [1.29, 1.82) is 0 Å². The molecule has 140 valence electrons. The summed E-state index contributed by atoms with van der Waals surface area (Å²) in [5.74, 6) is -2.89. The Labute approximate surface area is 160 Å². The Hall–Kier alpha value is -2.67. The number of rotatable bonds is 5. The van der Waals surface area contributed by atoms with Crippen LogP contribution in [-0.4, -0.2) is 22.5 Å². The largest absolute Gasteiger partial charge is 0.326 e. The minimum absolute atomic E-state index is 0.0917. The Kier molecular flexibility index (Phi) is 5.91. The summed E-state index contributed by atoms with van der Waals surface area (Å²) < 4.78 is 24.7. The molecule has 27 heavy (non-hydrogen) atoms. The summed E-state index contributed by atoms with van der Waals surface area (Å²) in [6, 6.07) is 13.5. The number of nitrogens with zero attached hydrogens (tertiary/aromatic N) is 1. The molecule has 2 aromatic carbocycles. The van der Waals surface area contributed by atoms with E-state index in [0.29, 0.717) is 22.3 Å². The Morgan fingerprint density at radius 3 is 2.52 bits per heavy atom. The van der Waals surface area contributed by atoms with Crippen LogP contribution in [0.1, 0.15) is 30.5 Å². The third kappa shape index (κ3) is 4.74. The van der Waals surface area contributed by atoms with Gasteiger partial charge in [-0.1, -0.05) is 36.0 Å². The zero-order valence-corrected chi connectivity index (χ0v) is 15.4. The Balaban J connectivity index is 1.72. The van der Waals surface area contributed by atoms with E-state index in [1.807, 2.05) is 30.3 Å². The predicted octanol–water partition coefficient (Wildman–Crippen LogP) is 4.90. The highest BCUT2D eigenvalue weighted by Crippen LogP contribution is 2.33. The van der Waals surface area contributed by atoms with Gasteiger partial charge in [-0.2, -0.15) is 8.78 Å². The van der Waals surface area contributed by atoms with Crippen molar-refractivity contribution in [1.82, 2.24) is 4.90 Å². The van der Waals surface area contributed by atoms with Crippen LogP contribution in [0.4, 0.5) is 14.5 Å². The number of halogens is 2. The molecule has 1 heterocycles. The second-order valence-corrected chi connectivity index (χ2v) is 7.11. The van der Waals surface area contributed by atoms with Crippen molar-refractivity contribution in [3.8, 4) is 0 Å². The van der Waals surface area contributed by atoms with E-state index in [9.17, 15) is 18.4 Å². The van der Waals surface area contributed by atoms with Gasteiger partial charge < -0.3 is 10.2 Å². The van der Waals surface area contributed by atoms with Gasteiger partial charge in [-0.25, -0.2) is 0 Å². The standard InChI is InChI=1S/C20H18F2N2O2S/c1-13(25)24-11-10-14-4-2-3-5-17(14)18(24)12-19(26)23-15-6-8-16(9-7-15)27-20(21)22/h2-11,18,20H,12H2,1H3,(H,23,26)/t18-/m0/s1. The molecule has 0 saturated carbocycles. The number of carbonyl (C=O) groups is 2. The fourth-order valence-corrected chi connectivity index (χ4v) is 3.52. The molecule has 1 aliphatic heterocycles. The van der Waals surface area contributed by atoms with E-state index in [1.54, 1.807) is 23.2 Å². The highest BCUT2D eigenvalue weighted by Gasteiger charge is 2.28. The Morgan fingerprint density at radius 1 is 1.15 bits per heavy atom. The summed E-state index contributed by atoms with van der Waals surface area (Å²) >= 11 is 0.452. The average molecular weight is 388 g/mol. The van der Waals surface area contributed by atoms with Crippen molar-refractivity contribution in [2.75, 3.05) is 5.32 Å². The number of carbonyl (C=O) groups excluding carboxylic acids is 2. The highest BCUT2D eigenvalue weighted by molar-refractivity contribution is 7.99. The lowest BCUT2D eigenvalue weighted by Crippen LogP contribution is -2.33. The lowest BCUT2D eigenvalue weighted by atomic mass is 9.93. The van der Waals surface area contributed by atoms with Crippen LogP contribution in [0.2, 0.25) is 0 Å². The van der Waals surface area contributed by atoms with Crippen LogP contribution < -0.4 is 5.32 Å². The predicted molar refractivity (Wildman–Crippen MR) is 102 cm³/mol. The number of alkyl halides is 2. The van der Waals surface area contributed by atoms with Gasteiger partial charge in [-0.15, -0.1) is 0 Å². The molecule has 7 heteroatoms. The molecule has 3 rings (SSSR count). The van der Waals surface area contributed by atoms with Gasteiger partial charge in [0.2, 0.25) is 11.8 Å². The topological polar surface area (TPSA) is 49.4 Å². The van der Waals surface area contributed by atoms with E-state index in [4.69, 9.17) is 0 Å². The molecule has 2 aromatic rings. The molecule has 0 aromatic heterocycles. The van der Waals surface area contributed by atoms with Gasteiger partial charge in [-0.05, 0) is 41.5 Å². The monoisotopic (exact) mass is 388 g/mol. The smallest absolute Gasteiger partial charge is 0.288 e. The van der Waals surface area contributed by atoms with Gasteiger partial charge >= 0.3 is 0 Å². The third-order valence-corrected chi connectivity index (χ3v) is 4.93. The SMILES string of the molecule is CC(=O)N1C=Cc2ccccc2[C@@H]1CC(=O)Nc1ccc(SC(F)F)cc1. The Morgan fingerprint density at radius 2 is 1.85 bits per heavy atom. The van der Waals surface area contributed by atoms with Crippen LogP contribution in [0.15, 0.2) is 59.6 Å². The van der Waals surface area contributed by atoms with E-state index in [0.717, 1.165) is 11.1 Å². The van der Waals surface area contributed by atoms with E-state index in [-0.39, 0.29) is 18.2 Å². The number of thioether (sulfide) groups is 1. The number of fused-ring (bicyclic) bond motifs is 1. The molecule has 2 amide bonds. The maximum atomic E-state index is 12.5. The van der Waals surface area contributed by atoms with Crippen molar-refractivity contribution < 1.29 is 18.4 Å². The summed E-state index contributed by atoms with van der Waals surface area (Å²) in [6.07, 6.45) is 3.64. The zero-order valence-electron chi connectivity index (χ0n) is 14.6. The molecule has 0 spiro atoms. The van der Waals surface area contributed by atoms with Crippen LogP contribution in [0, 0.1) is 0 Å². The summed E-state index contributed by atoms with van der Waals surface area (Å²) in [5.41, 5.74) is 2.41. The number of benzene rings is 2. The van der Waals surface area contributed by atoms with Crippen LogP contribution in [-0.2, 0) is 9.59 Å². The van der Waals surface area contributed by atoms with Gasteiger partial charge in [0.05, 0.1) is 12.5 Å². The number of hydrogen-bond acceptors (Lipinski definition) is 3. The number of anilines is 1. The minimum Gasteiger partial charge on any atom is -0.326 e. The third-order valence-electron chi connectivity index (χ3n) is 4.21. The minimum atomic E-state index is -2.48. The maximum absolute atomic E-state index is 12.5. The fraction of sp³-hybridized carbons (Fsp3) is 0.200. The molecule has 0 aliphatic carbocycles. The molecule has 0 fully saturated rings. The molecular formula is C20H18F2N2O2S. The molecule has 0 unspecified atom stereocenters. The molecule has 0 bridgehead atoms. The first-order chi connectivity index (χ1) is 12.9. The van der Waals surface area contributed by atoms with Crippen LogP contribution in [0.5, 0.6) is 0 Å². The summed E-state index contributed by atoms with van der Waals surface area (Å²) in [4.78, 5) is 26.5. The van der Waals surface area contributed by atoms with Gasteiger partial charge in [0.25, 0.3) is 5.76 Å². The van der Waals surface area contributed by atoms with Gasteiger partial charge in [-0.3, -0.25) is 9.59 Å². The molecule has 4 nitrogen and oxygen atoms in total. The van der Waals surface area contributed by atoms with Gasteiger partial charge in [0, 0.05) is 23.7 Å². The maximum Gasteiger partial charge on any atom is 0.288 e. The first-order valence-electron chi connectivity index (χ1n) is 8.35. The molecule has 1 atom stereocenters. The lowest BCUT2D eigenvalue weighted by molar-refractivity contribution is -0.129. The van der Waals surface area contributed by atoms with Crippen molar-refractivity contribution in [3.05, 3.63) is 65.9 Å². The van der Waals surface area contributed by atoms with Crippen LogP contribution in [0.3, 0.4) is 0 Å². The molecule has 1 aliphatic rings. The number of amides is 2. The Bertz CT molecular complexity index is 869. The molecule has 0 saturated heterocycles. The van der Waals surface area contributed by atoms with Gasteiger partial charge in [0.1, 0.15) is 0 Å². The summed E-state index contributed by atoms with van der Waals surface area (Å²) in [5, 5.41) is 2.76. The van der Waals surface area contributed by atoms with Crippen LogP contribution in [0.25, 0.3) is 6.08 Å². The molecule has 0 radical (unpaired) electrons. The van der Waals surface area contributed by atoms with Crippen molar-refractivity contribution in [3.63, 3.8) is 0 Å². The van der Waals surface area contributed by atoms with Crippen molar-refractivity contribution in [2.45, 2.75) is 30.0 Å². The average Bonchev–Trinajstić information content (AvgIpc) is 2.63. The normalized spacial score (nSPS) is 15.6. The van der Waals surface area contributed by atoms with Gasteiger partial charge in [0.15, 0.2) is 0 Å². The second-order valence-electron chi connectivity index (χ2n) is 6.04. The van der Waals surface area contributed by atoms with Crippen molar-refractivity contribution >= 4 is 35.3 Å². The highest BCUT2D eigenvalue weighted by atomic mass is 32.2. The van der Waals surface area contributed by atoms with Crippen molar-refractivity contribution in [2.24, 2.45) is 0 Å². The van der Waals surface area contributed by atoms with E-state index < -0.39 is 11.8 Å². The first-order valence-corrected chi connectivity index (χ1v) is 9.23. The summed E-state index contributed by atoms with van der Waals surface area (Å²) in [7, 11) is 0. The van der Waals surface area contributed by atoms with Crippen LogP contribution >= 0.6 is 11.8 Å². The number of hydrogen-bond donors (Lipinski definition) is 1.